The SMILES string of the molecule is CC/C=C\C/C=C\C/C=C\C/C=C\C/C=C\C/C=C\C(CC(=O)NC(CO)C(O)CCCCCCCCCCC)OC(=O)CCCCCCC\C=C/C=C/C=C/CC. The molecule has 0 aliphatic carbocycles. The minimum atomic E-state index is -0.828. The normalized spacial score (nSPS) is 14.4. The van der Waals surface area contributed by atoms with E-state index in [-0.39, 0.29) is 24.9 Å². The summed E-state index contributed by atoms with van der Waals surface area (Å²) in [4.78, 5) is 25.9. The van der Waals surface area contributed by atoms with Crippen molar-refractivity contribution >= 4 is 11.9 Å². The Morgan fingerprint density at radius 1 is 0.552 bits per heavy atom. The molecule has 0 spiro atoms. The molecule has 0 heterocycles. The van der Waals surface area contributed by atoms with Gasteiger partial charge in [0.25, 0.3) is 0 Å². The quantitative estimate of drug-likeness (QED) is 0.0249. The van der Waals surface area contributed by atoms with Gasteiger partial charge < -0.3 is 20.3 Å². The first-order valence-corrected chi connectivity index (χ1v) is 23.2. The molecule has 0 aromatic heterocycles. The summed E-state index contributed by atoms with van der Waals surface area (Å²) in [5, 5.41) is 23.5. The molecule has 0 aromatic carbocycles. The number of ether oxygens (including phenoxy) is 1. The topological polar surface area (TPSA) is 95.9 Å². The Kier molecular flexibility index (Phi) is 41.9. The number of rotatable bonds is 39. The monoisotopic (exact) mass is 804 g/mol. The zero-order chi connectivity index (χ0) is 42.4. The number of aliphatic hydroxyl groups is 2. The molecule has 0 saturated heterocycles. The standard InChI is InChI=1S/C52H85NO5/c1-4-7-10-13-16-19-21-23-24-25-26-28-29-32-34-37-40-43-48(58-52(57)45-42-39-36-33-30-27-22-20-17-14-11-8-5-2)46-51(56)53-49(47-54)50(55)44-41-38-35-31-18-15-12-9-6-3/h7-8,10-11,14,16-17,19-20,22-24,26,28,32,34,40,43,48-50,54-55H,4-6,9,12-13,15,18,21,25,27,29-31,33,35-39,41-42,44-47H2,1-3H3,(H,53,56)/b10-7-,11-8+,17-14+,19-16-,22-20-,24-23-,28-26-,34-32-,43-40-. The molecule has 0 saturated carbocycles. The maximum atomic E-state index is 13.1. The van der Waals surface area contributed by atoms with Crippen molar-refractivity contribution in [3.05, 3.63) is 109 Å². The summed E-state index contributed by atoms with van der Waals surface area (Å²) in [6, 6.07) is -0.752. The predicted molar refractivity (Wildman–Crippen MR) is 250 cm³/mol. The van der Waals surface area contributed by atoms with Gasteiger partial charge in [-0.25, -0.2) is 0 Å². The summed E-state index contributed by atoms with van der Waals surface area (Å²) in [5.74, 6) is -0.669. The number of amides is 1. The lowest BCUT2D eigenvalue weighted by molar-refractivity contribution is -0.148. The van der Waals surface area contributed by atoms with Crippen LogP contribution in [0.1, 0.15) is 181 Å². The molecule has 0 rings (SSSR count). The Balaban J connectivity index is 4.87. The van der Waals surface area contributed by atoms with Gasteiger partial charge in [-0.2, -0.15) is 0 Å². The minimum Gasteiger partial charge on any atom is -0.458 e. The Hall–Kier alpha value is -3.48. The molecule has 0 aliphatic heterocycles. The van der Waals surface area contributed by atoms with E-state index in [1.54, 1.807) is 6.08 Å². The van der Waals surface area contributed by atoms with E-state index in [9.17, 15) is 19.8 Å². The van der Waals surface area contributed by atoms with Gasteiger partial charge in [0.2, 0.25) is 5.91 Å². The van der Waals surface area contributed by atoms with Crippen molar-refractivity contribution < 1.29 is 24.5 Å². The number of aliphatic hydroxyl groups excluding tert-OH is 2. The first-order chi connectivity index (χ1) is 28.5. The lowest BCUT2D eigenvalue weighted by atomic mass is 10.0. The van der Waals surface area contributed by atoms with E-state index in [1.165, 1.54) is 38.5 Å². The summed E-state index contributed by atoms with van der Waals surface area (Å²) >= 11 is 0. The Labute approximate surface area is 356 Å². The highest BCUT2D eigenvalue weighted by Crippen LogP contribution is 2.14. The van der Waals surface area contributed by atoms with Gasteiger partial charge in [0.05, 0.1) is 25.2 Å². The molecule has 328 valence electrons. The average Bonchev–Trinajstić information content (AvgIpc) is 3.22. The van der Waals surface area contributed by atoms with Gasteiger partial charge in [0, 0.05) is 6.42 Å². The molecular formula is C52H85NO5. The first-order valence-electron chi connectivity index (χ1n) is 23.2. The van der Waals surface area contributed by atoms with Gasteiger partial charge >= 0.3 is 5.97 Å². The second-order valence-electron chi connectivity index (χ2n) is 15.1. The number of unbranched alkanes of at least 4 members (excludes halogenated alkanes) is 13. The van der Waals surface area contributed by atoms with Crippen molar-refractivity contribution in [3.8, 4) is 0 Å². The fourth-order valence-corrected chi connectivity index (χ4v) is 6.19. The summed E-state index contributed by atoms with van der Waals surface area (Å²) in [6.45, 7) is 6.15. The molecule has 1 amide bonds. The number of nitrogens with one attached hydrogen (secondary N) is 1. The van der Waals surface area contributed by atoms with E-state index in [0.717, 1.165) is 96.3 Å². The van der Waals surface area contributed by atoms with Crippen molar-refractivity contribution in [1.82, 2.24) is 5.32 Å². The highest BCUT2D eigenvalue weighted by Gasteiger charge is 2.23. The number of esters is 1. The zero-order valence-corrected chi connectivity index (χ0v) is 37.1. The van der Waals surface area contributed by atoms with Crippen molar-refractivity contribution in [2.45, 2.75) is 200 Å². The van der Waals surface area contributed by atoms with E-state index in [0.29, 0.717) is 19.3 Å². The molecule has 6 nitrogen and oxygen atoms in total. The zero-order valence-electron chi connectivity index (χ0n) is 37.1. The van der Waals surface area contributed by atoms with E-state index in [1.807, 2.05) is 12.2 Å². The van der Waals surface area contributed by atoms with E-state index < -0.39 is 18.2 Å². The van der Waals surface area contributed by atoms with E-state index in [2.05, 4.69) is 117 Å². The largest absolute Gasteiger partial charge is 0.458 e. The molecule has 3 N–H and O–H groups in total. The lowest BCUT2D eigenvalue weighted by Gasteiger charge is -2.23. The third kappa shape index (κ3) is 39.4. The average molecular weight is 804 g/mol. The summed E-state index contributed by atoms with van der Waals surface area (Å²) < 4.78 is 5.79. The predicted octanol–water partition coefficient (Wildman–Crippen LogP) is 13.6. The molecule has 3 atom stereocenters. The molecule has 0 radical (unpaired) electrons. The van der Waals surface area contributed by atoms with Gasteiger partial charge in [0.15, 0.2) is 0 Å². The smallest absolute Gasteiger partial charge is 0.306 e. The van der Waals surface area contributed by atoms with Gasteiger partial charge in [-0.15, -0.1) is 0 Å². The second-order valence-corrected chi connectivity index (χ2v) is 15.1. The van der Waals surface area contributed by atoms with E-state index in [4.69, 9.17) is 4.74 Å². The number of hydrogen-bond acceptors (Lipinski definition) is 5. The van der Waals surface area contributed by atoms with Gasteiger partial charge in [-0.05, 0) is 76.7 Å². The summed E-state index contributed by atoms with van der Waals surface area (Å²) in [6.07, 6.45) is 60.4. The minimum absolute atomic E-state index is 0.0627. The van der Waals surface area contributed by atoms with Gasteiger partial charge in [-0.1, -0.05) is 201 Å². The number of carbonyl (C=O) groups is 2. The molecular weight excluding hydrogens is 719 g/mol. The van der Waals surface area contributed by atoms with Crippen LogP contribution in [0.15, 0.2) is 109 Å². The highest BCUT2D eigenvalue weighted by molar-refractivity contribution is 5.78. The molecule has 58 heavy (non-hydrogen) atoms. The third-order valence-corrected chi connectivity index (χ3v) is 9.65. The van der Waals surface area contributed by atoms with Crippen LogP contribution in [0.25, 0.3) is 0 Å². The molecule has 0 fully saturated rings. The van der Waals surface area contributed by atoms with Crippen LogP contribution in [0.5, 0.6) is 0 Å². The first kappa shape index (κ1) is 54.5. The molecule has 0 aliphatic rings. The maximum Gasteiger partial charge on any atom is 0.306 e. The van der Waals surface area contributed by atoms with Gasteiger partial charge in [-0.3, -0.25) is 9.59 Å². The third-order valence-electron chi connectivity index (χ3n) is 9.65. The van der Waals surface area contributed by atoms with Crippen molar-refractivity contribution in [2.75, 3.05) is 6.61 Å². The van der Waals surface area contributed by atoms with Crippen LogP contribution in [0.4, 0.5) is 0 Å². The van der Waals surface area contributed by atoms with Gasteiger partial charge in [0.1, 0.15) is 6.10 Å². The lowest BCUT2D eigenvalue weighted by Crippen LogP contribution is -2.46. The van der Waals surface area contributed by atoms with Crippen molar-refractivity contribution in [2.24, 2.45) is 0 Å². The van der Waals surface area contributed by atoms with Crippen LogP contribution in [-0.2, 0) is 14.3 Å². The van der Waals surface area contributed by atoms with Crippen LogP contribution in [0.3, 0.4) is 0 Å². The van der Waals surface area contributed by atoms with Crippen LogP contribution in [-0.4, -0.2) is 46.9 Å². The summed E-state index contributed by atoms with van der Waals surface area (Å²) in [7, 11) is 0. The highest BCUT2D eigenvalue weighted by atomic mass is 16.5. The molecule has 6 heteroatoms. The van der Waals surface area contributed by atoms with Crippen LogP contribution in [0.2, 0.25) is 0 Å². The summed E-state index contributed by atoms with van der Waals surface area (Å²) in [5.41, 5.74) is 0. The fourth-order valence-electron chi connectivity index (χ4n) is 6.19. The number of carbonyl (C=O) groups excluding carboxylic acids is 2. The molecule has 0 bridgehead atoms. The maximum absolute atomic E-state index is 13.1. The van der Waals surface area contributed by atoms with E-state index >= 15 is 0 Å². The number of allylic oxidation sites excluding steroid dienone is 17. The van der Waals surface area contributed by atoms with Crippen LogP contribution in [0, 0.1) is 0 Å². The van der Waals surface area contributed by atoms with Crippen molar-refractivity contribution in [3.63, 3.8) is 0 Å². The van der Waals surface area contributed by atoms with Crippen molar-refractivity contribution in [1.29, 1.82) is 0 Å². The Bertz CT molecular complexity index is 1220. The fraction of sp³-hybridized carbons (Fsp3) is 0.615. The van der Waals surface area contributed by atoms with Crippen LogP contribution < -0.4 is 5.32 Å². The second kappa shape index (κ2) is 44.6. The molecule has 3 unspecified atom stereocenters. The Morgan fingerprint density at radius 3 is 1.59 bits per heavy atom. The number of hydrogen-bond donors (Lipinski definition) is 3. The molecule has 0 aromatic rings. The Morgan fingerprint density at radius 2 is 1.03 bits per heavy atom. The van der Waals surface area contributed by atoms with Crippen LogP contribution >= 0.6 is 0 Å².